The smallest absolute Gasteiger partial charge is 0.351 e. The third-order valence-corrected chi connectivity index (χ3v) is 10.8. The van der Waals surface area contributed by atoms with Crippen molar-refractivity contribution in [1.82, 2.24) is 0 Å². The molecule has 4 saturated carbocycles. The van der Waals surface area contributed by atoms with Crippen LogP contribution in [0.4, 0.5) is 0 Å². The minimum atomic E-state index is -0.989. The topological polar surface area (TPSA) is 78.6 Å². The fraction of sp³-hybridized carbons (Fsp3) is 0.917. The lowest BCUT2D eigenvalue weighted by atomic mass is 9.44. The van der Waals surface area contributed by atoms with Crippen molar-refractivity contribution in [3.05, 3.63) is 0 Å². The third-order valence-electron chi connectivity index (χ3n) is 10.8. The molecule has 0 radical (unpaired) electrons. The van der Waals surface area contributed by atoms with Crippen molar-refractivity contribution in [2.45, 2.75) is 95.8 Å². The summed E-state index contributed by atoms with van der Waals surface area (Å²) >= 11 is 0. The van der Waals surface area contributed by atoms with Crippen molar-refractivity contribution >= 4 is 11.9 Å². The summed E-state index contributed by atoms with van der Waals surface area (Å²) in [7, 11) is 0. The number of carbonyl (C=O) groups excluding carboxylic acids is 2. The van der Waals surface area contributed by atoms with Crippen LogP contribution in [0.5, 0.6) is 0 Å². The van der Waals surface area contributed by atoms with Crippen molar-refractivity contribution < 1.29 is 19.1 Å². The molecule has 10 atom stereocenters. The Morgan fingerprint density at radius 3 is 2.48 bits per heavy atom. The molecule has 6 aliphatic rings. The molecule has 5 heteroatoms. The van der Waals surface area contributed by atoms with Gasteiger partial charge in [-0.05, 0) is 85.9 Å². The minimum absolute atomic E-state index is 0.0386. The van der Waals surface area contributed by atoms with Gasteiger partial charge in [0.25, 0.3) is 0 Å². The molecule has 29 heavy (non-hydrogen) atoms. The molecule has 1 spiro atoms. The largest absolute Gasteiger partial charge is 0.459 e. The van der Waals surface area contributed by atoms with E-state index in [4.69, 9.17) is 15.2 Å². The molecule has 0 aromatic heterocycles. The summed E-state index contributed by atoms with van der Waals surface area (Å²) in [6.45, 7) is 4.94. The molecule has 2 N–H and O–H groups in total. The molecule has 1 unspecified atom stereocenters. The van der Waals surface area contributed by atoms with Gasteiger partial charge in [0.15, 0.2) is 0 Å². The Morgan fingerprint density at radius 1 is 0.931 bits per heavy atom. The Balaban J connectivity index is 1.34. The van der Waals surface area contributed by atoms with E-state index in [0.717, 1.165) is 24.7 Å². The van der Waals surface area contributed by atoms with E-state index in [2.05, 4.69) is 13.8 Å². The first-order valence-corrected chi connectivity index (χ1v) is 12.0. The molecular formula is C24H35NO4. The van der Waals surface area contributed by atoms with Crippen molar-refractivity contribution in [1.29, 1.82) is 0 Å². The number of esters is 2. The van der Waals surface area contributed by atoms with Gasteiger partial charge in [0.2, 0.25) is 5.60 Å². The summed E-state index contributed by atoms with van der Waals surface area (Å²) in [6, 6.07) is 0.389. The first kappa shape index (κ1) is 18.7. The van der Waals surface area contributed by atoms with Gasteiger partial charge >= 0.3 is 11.9 Å². The predicted molar refractivity (Wildman–Crippen MR) is 107 cm³/mol. The Kier molecular flexibility index (Phi) is 3.71. The fourth-order valence-electron chi connectivity index (χ4n) is 9.55. The molecule has 4 aliphatic carbocycles. The lowest BCUT2D eigenvalue weighted by Crippen LogP contribution is -2.56. The number of nitrogens with two attached hydrogens (primary N) is 1. The van der Waals surface area contributed by atoms with Crippen LogP contribution in [0.3, 0.4) is 0 Å². The zero-order valence-corrected chi connectivity index (χ0v) is 17.8. The van der Waals surface area contributed by atoms with Crippen LogP contribution < -0.4 is 5.73 Å². The molecule has 160 valence electrons. The van der Waals surface area contributed by atoms with Gasteiger partial charge in [-0.3, -0.25) is 4.79 Å². The second-order valence-corrected chi connectivity index (χ2v) is 11.8. The molecule has 2 heterocycles. The summed E-state index contributed by atoms with van der Waals surface area (Å²) < 4.78 is 11.7. The van der Waals surface area contributed by atoms with E-state index in [-0.39, 0.29) is 29.4 Å². The van der Waals surface area contributed by atoms with Gasteiger partial charge < -0.3 is 15.2 Å². The van der Waals surface area contributed by atoms with Crippen LogP contribution in [-0.4, -0.2) is 29.7 Å². The van der Waals surface area contributed by atoms with Gasteiger partial charge in [-0.1, -0.05) is 13.8 Å². The van der Waals surface area contributed by atoms with Crippen molar-refractivity contribution in [2.75, 3.05) is 0 Å². The van der Waals surface area contributed by atoms with E-state index in [1.165, 1.54) is 38.5 Å². The second kappa shape index (κ2) is 5.77. The summed E-state index contributed by atoms with van der Waals surface area (Å²) in [6.07, 6.45) is 10.4. The normalized spacial score (nSPS) is 58.2. The van der Waals surface area contributed by atoms with E-state index in [0.29, 0.717) is 36.1 Å². The first-order valence-electron chi connectivity index (χ1n) is 12.0. The zero-order chi connectivity index (χ0) is 20.2. The van der Waals surface area contributed by atoms with Gasteiger partial charge in [0.05, 0.1) is 5.92 Å². The minimum Gasteiger partial charge on any atom is -0.459 e. The monoisotopic (exact) mass is 401 g/mol. The summed E-state index contributed by atoms with van der Waals surface area (Å²) in [5, 5.41) is 0. The Labute approximate surface area is 173 Å². The molecule has 0 bridgehead atoms. The Hall–Kier alpha value is -1.10. The molecule has 2 aliphatic heterocycles. The average molecular weight is 402 g/mol. The van der Waals surface area contributed by atoms with Gasteiger partial charge in [0, 0.05) is 18.9 Å². The standard InChI is InChI=1S/C24H35NO4/c1-22-8-5-14(25)11-13(22)3-4-15-16(22)6-9-23(2)17(15)12-18-20(23)24(21(27)28-18)10-7-19(26)29-24/h13-18,20H,3-12,25H2,1-2H3/t13-,14-,15+,16?,17-,18-,20-,22-,23-,24-/m0/s1. The van der Waals surface area contributed by atoms with Crippen LogP contribution >= 0.6 is 0 Å². The summed E-state index contributed by atoms with van der Waals surface area (Å²) in [5.41, 5.74) is 5.81. The maximum Gasteiger partial charge on any atom is 0.351 e. The SMILES string of the molecule is C[C@]12CCC3[C@@H](CC[C@H]4C[C@@H](N)CC[C@]34C)[C@@H]1C[C@@H]1OC(=O)[C@]3(CCC(=O)O3)[C@@H]12. The maximum atomic E-state index is 12.8. The molecule has 2 saturated heterocycles. The molecule has 0 aromatic carbocycles. The van der Waals surface area contributed by atoms with E-state index < -0.39 is 5.60 Å². The molecule has 6 fully saturated rings. The maximum absolute atomic E-state index is 12.8. The molecule has 5 nitrogen and oxygen atoms in total. The first-order chi connectivity index (χ1) is 13.8. The van der Waals surface area contributed by atoms with Gasteiger partial charge in [-0.15, -0.1) is 0 Å². The fourth-order valence-corrected chi connectivity index (χ4v) is 9.55. The predicted octanol–water partition coefficient (Wildman–Crippen LogP) is 3.58. The third kappa shape index (κ3) is 2.21. The summed E-state index contributed by atoms with van der Waals surface area (Å²) in [4.78, 5) is 24.8. The van der Waals surface area contributed by atoms with Crippen LogP contribution in [0.25, 0.3) is 0 Å². The van der Waals surface area contributed by atoms with E-state index in [1.54, 1.807) is 0 Å². The number of rotatable bonds is 0. The lowest BCUT2D eigenvalue weighted by molar-refractivity contribution is -0.175. The number of ether oxygens (including phenoxy) is 2. The van der Waals surface area contributed by atoms with Crippen LogP contribution in [0.1, 0.15) is 78.1 Å². The molecule has 0 amide bonds. The lowest BCUT2D eigenvalue weighted by Gasteiger charge is -2.61. The van der Waals surface area contributed by atoms with Crippen LogP contribution in [0.15, 0.2) is 0 Å². The van der Waals surface area contributed by atoms with Crippen molar-refractivity contribution in [3.8, 4) is 0 Å². The average Bonchev–Trinajstić information content (AvgIpc) is 3.28. The molecule has 6 rings (SSSR count). The summed E-state index contributed by atoms with van der Waals surface area (Å²) in [5.74, 6) is 2.38. The quantitative estimate of drug-likeness (QED) is 0.628. The van der Waals surface area contributed by atoms with E-state index in [9.17, 15) is 9.59 Å². The highest BCUT2D eigenvalue weighted by Gasteiger charge is 2.74. The number of fused-ring (bicyclic) bond motifs is 8. The highest BCUT2D eigenvalue weighted by atomic mass is 16.6. The van der Waals surface area contributed by atoms with Crippen LogP contribution in [0.2, 0.25) is 0 Å². The number of carbonyl (C=O) groups is 2. The highest BCUT2D eigenvalue weighted by Crippen LogP contribution is 2.71. The van der Waals surface area contributed by atoms with Gasteiger partial charge in [-0.2, -0.15) is 0 Å². The second-order valence-electron chi connectivity index (χ2n) is 11.8. The number of hydrogen-bond donors (Lipinski definition) is 1. The van der Waals surface area contributed by atoms with E-state index in [1.807, 2.05) is 0 Å². The van der Waals surface area contributed by atoms with Crippen molar-refractivity contribution in [3.63, 3.8) is 0 Å². The Morgan fingerprint density at radius 2 is 1.72 bits per heavy atom. The highest BCUT2D eigenvalue weighted by molar-refractivity contribution is 5.89. The Bertz CT molecular complexity index is 768. The molecular weight excluding hydrogens is 366 g/mol. The van der Waals surface area contributed by atoms with Crippen molar-refractivity contribution in [2.24, 2.45) is 46.2 Å². The van der Waals surface area contributed by atoms with E-state index >= 15 is 0 Å². The van der Waals surface area contributed by atoms with Gasteiger partial charge in [0.1, 0.15) is 6.10 Å². The zero-order valence-electron chi connectivity index (χ0n) is 17.8. The van der Waals surface area contributed by atoms with Crippen LogP contribution in [0, 0.1) is 40.4 Å². The molecule has 0 aromatic rings. The van der Waals surface area contributed by atoms with Crippen LogP contribution in [-0.2, 0) is 19.1 Å². The van der Waals surface area contributed by atoms with Gasteiger partial charge in [-0.25, -0.2) is 4.79 Å². The number of hydrogen-bond acceptors (Lipinski definition) is 5.